The van der Waals surface area contributed by atoms with Crippen molar-refractivity contribution in [2.45, 2.75) is 90.6 Å². The normalized spacial score (nSPS) is 40.1. The summed E-state index contributed by atoms with van der Waals surface area (Å²) in [6, 6.07) is 9.22. The molecular weight excluding hydrogens is 447 g/mol. The molecule has 4 fully saturated rings. The summed E-state index contributed by atoms with van der Waals surface area (Å²) in [6.07, 6.45) is 11.1. The number of rotatable bonds is 5. The van der Waals surface area contributed by atoms with Crippen LogP contribution in [0.25, 0.3) is 0 Å². The number of nitrogens with zero attached hydrogens (tertiary/aromatic N) is 1. The maximum atomic E-state index is 13.8. The van der Waals surface area contributed by atoms with Crippen LogP contribution < -0.4 is 0 Å². The quantitative estimate of drug-likeness (QED) is 0.337. The van der Waals surface area contributed by atoms with Crippen molar-refractivity contribution in [2.24, 2.45) is 40.9 Å². The number of hydrogen-bond acceptors (Lipinski definition) is 3. The number of aliphatic hydroxyl groups is 1. The molecule has 4 nitrogen and oxygen atoms in total. The van der Waals surface area contributed by atoms with E-state index >= 15 is 0 Å². The number of amides is 1. The zero-order valence-corrected chi connectivity index (χ0v) is 23.8. The van der Waals surface area contributed by atoms with Gasteiger partial charge in [-0.3, -0.25) is 9.63 Å². The van der Waals surface area contributed by atoms with Crippen LogP contribution in [0, 0.1) is 53.9 Å². The number of hydroxylamine groups is 2. The Kier molecular flexibility index (Phi) is 8.32. The minimum Gasteiger partial charge on any atom is -1.00 e. The third-order valence-electron chi connectivity index (χ3n) is 10.8. The molecular formula is C30H45MgNO3. The van der Waals surface area contributed by atoms with Gasteiger partial charge in [-0.1, -0.05) is 20.3 Å². The van der Waals surface area contributed by atoms with Crippen LogP contribution in [-0.4, -0.2) is 58.4 Å². The van der Waals surface area contributed by atoms with Crippen LogP contribution >= 0.6 is 0 Å². The topological polar surface area (TPSA) is 49.8 Å². The molecule has 8 atom stereocenters. The molecule has 190 valence electrons. The van der Waals surface area contributed by atoms with Crippen molar-refractivity contribution in [3.05, 3.63) is 35.4 Å². The van der Waals surface area contributed by atoms with Crippen molar-refractivity contribution in [2.75, 3.05) is 13.7 Å². The molecule has 5 rings (SSSR count). The predicted molar refractivity (Wildman–Crippen MR) is 141 cm³/mol. The van der Waals surface area contributed by atoms with Gasteiger partial charge in [-0.25, -0.2) is 5.06 Å². The van der Waals surface area contributed by atoms with Crippen molar-refractivity contribution in [1.29, 1.82) is 0 Å². The summed E-state index contributed by atoms with van der Waals surface area (Å²) in [5, 5.41) is 12.3. The maximum Gasteiger partial charge on any atom is 2.00 e. The molecule has 0 aromatic heterocycles. The third kappa shape index (κ3) is 5.09. The number of hydrogen-bond donors (Lipinski definition) is 1. The van der Waals surface area contributed by atoms with Gasteiger partial charge in [0.1, 0.15) is 0 Å². The number of benzene rings is 1. The first-order chi connectivity index (χ1) is 16.2. The van der Waals surface area contributed by atoms with Crippen molar-refractivity contribution in [3.8, 4) is 0 Å². The van der Waals surface area contributed by atoms with Crippen molar-refractivity contribution < 1.29 is 16.2 Å². The van der Waals surface area contributed by atoms with Crippen LogP contribution in [0.5, 0.6) is 0 Å². The molecule has 5 heteroatoms. The predicted octanol–water partition coefficient (Wildman–Crippen LogP) is 5.48. The fourth-order valence-electron chi connectivity index (χ4n) is 8.99. The number of carbonyl (C=O) groups is 1. The Morgan fingerprint density at radius 1 is 1.14 bits per heavy atom. The van der Waals surface area contributed by atoms with Crippen LogP contribution in [0.1, 0.15) is 84.2 Å². The second kappa shape index (κ2) is 10.6. The summed E-state index contributed by atoms with van der Waals surface area (Å²) in [4.78, 5) is 19.4. The summed E-state index contributed by atoms with van der Waals surface area (Å²) < 4.78 is 0. The Balaban J connectivity index is 0.00000180. The van der Waals surface area contributed by atoms with E-state index in [0.717, 1.165) is 43.4 Å². The van der Waals surface area contributed by atoms with Crippen molar-refractivity contribution in [1.82, 2.24) is 5.06 Å². The average molecular weight is 492 g/mol. The second-order valence-corrected chi connectivity index (χ2v) is 12.6. The number of aryl methyl sites for hydroxylation is 1. The van der Waals surface area contributed by atoms with Crippen LogP contribution in [-0.2, 0) is 16.1 Å². The molecule has 4 aliphatic rings. The van der Waals surface area contributed by atoms with E-state index in [4.69, 9.17) is 4.84 Å². The molecule has 0 aliphatic heterocycles. The van der Waals surface area contributed by atoms with Crippen LogP contribution in [0.4, 0.5) is 0 Å². The van der Waals surface area contributed by atoms with E-state index in [0.29, 0.717) is 18.4 Å². The number of fused-ring (bicyclic) bond motifs is 5. The summed E-state index contributed by atoms with van der Waals surface area (Å²) in [5.41, 5.74) is 2.12. The molecule has 0 heterocycles. The fraction of sp³-hybridized carbons (Fsp3) is 0.767. The molecule has 4 aliphatic carbocycles. The van der Waals surface area contributed by atoms with E-state index in [1.54, 1.807) is 12.2 Å². The Morgan fingerprint density at radius 2 is 1.91 bits per heavy atom. The molecule has 1 N–H and O–H groups in total. The van der Waals surface area contributed by atoms with Gasteiger partial charge < -0.3 is 6.53 Å². The molecule has 0 bridgehead atoms. The van der Waals surface area contributed by atoms with Crippen LogP contribution in [0.15, 0.2) is 18.2 Å². The molecule has 0 radical (unpaired) electrons. The molecule has 35 heavy (non-hydrogen) atoms. The van der Waals surface area contributed by atoms with Gasteiger partial charge in [0.05, 0.1) is 12.7 Å². The van der Waals surface area contributed by atoms with Gasteiger partial charge in [0.15, 0.2) is 0 Å². The van der Waals surface area contributed by atoms with Gasteiger partial charge in [-0.2, -0.15) is 35.4 Å². The van der Waals surface area contributed by atoms with E-state index < -0.39 is 5.60 Å². The van der Waals surface area contributed by atoms with E-state index in [1.165, 1.54) is 49.7 Å². The first-order valence-electron chi connectivity index (χ1n) is 13.8. The Bertz CT molecular complexity index is 910. The summed E-state index contributed by atoms with van der Waals surface area (Å²) >= 11 is 0. The first kappa shape index (κ1) is 27.4. The molecule has 0 saturated heterocycles. The molecule has 4 saturated carbocycles. The third-order valence-corrected chi connectivity index (χ3v) is 10.8. The minimum absolute atomic E-state index is 0. The van der Waals surface area contributed by atoms with Gasteiger partial charge >= 0.3 is 23.1 Å². The van der Waals surface area contributed by atoms with Gasteiger partial charge in [0.25, 0.3) is 0 Å². The molecule has 1 aromatic carbocycles. The van der Waals surface area contributed by atoms with Gasteiger partial charge in [0.2, 0.25) is 5.91 Å². The Morgan fingerprint density at radius 3 is 2.66 bits per heavy atom. The maximum absolute atomic E-state index is 13.8. The molecule has 0 unspecified atom stereocenters. The largest absolute Gasteiger partial charge is 2.00 e. The van der Waals surface area contributed by atoms with Gasteiger partial charge in [0, 0.05) is 12.5 Å². The van der Waals surface area contributed by atoms with Crippen molar-refractivity contribution >= 4 is 29.0 Å². The van der Waals surface area contributed by atoms with E-state index in [9.17, 15) is 9.90 Å². The van der Waals surface area contributed by atoms with Crippen LogP contribution in [0.3, 0.4) is 0 Å². The molecule has 0 spiro atoms. The molecule has 1 amide bonds. The average Bonchev–Trinajstić information content (AvgIpc) is 3.16. The van der Waals surface area contributed by atoms with Crippen molar-refractivity contribution in [3.63, 3.8) is 0 Å². The summed E-state index contributed by atoms with van der Waals surface area (Å²) in [7, 11) is 1.65. The van der Waals surface area contributed by atoms with Gasteiger partial charge in [-0.15, -0.1) is 0 Å². The smallest absolute Gasteiger partial charge is 1.00 e. The Hall–Kier alpha value is -0.624. The van der Waals surface area contributed by atoms with Gasteiger partial charge in [-0.05, 0) is 99.7 Å². The summed E-state index contributed by atoms with van der Waals surface area (Å²) in [6.45, 7) is 7.18. The van der Waals surface area contributed by atoms with E-state index in [1.807, 2.05) is 19.1 Å². The Labute approximate surface area is 230 Å². The van der Waals surface area contributed by atoms with E-state index in [-0.39, 0.29) is 41.7 Å². The molecule has 1 aromatic rings. The first-order valence-corrected chi connectivity index (χ1v) is 13.8. The second-order valence-electron chi connectivity index (χ2n) is 12.6. The zero-order valence-electron chi connectivity index (χ0n) is 23.4. The monoisotopic (exact) mass is 491 g/mol. The summed E-state index contributed by atoms with van der Waals surface area (Å²) in [5.74, 6) is 4.00. The van der Waals surface area contributed by atoms with E-state index in [2.05, 4.69) is 26.0 Å². The zero-order chi connectivity index (χ0) is 24.1. The minimum atomic E-state index is -0.456. The standard InChI is InChI=1S/C30H44NO3.Mg.H/c1-20-7-5-6-8-21(20)15-18-31(34-4)28(32)27-12-11-26-25-10-9-22-19-29(2,33)16-13-23(22)24(25)14-17-30(26,27)3;;/h5,7-8,22-27,33H,9-19H2,1-4H3;;/q-1;+2;-1/t22-,23+,24-,25-,26+,27-,29-,30+;;/m1../s1. The number of carbonyl (C=O) groups excluding carboxylic acids is 1. The fourth-order valence-corrected chi connectivity index (χ4v) is 8.99. The SMILES string of the molecule is CON(CCc1c[c-]ccc1C)C(=O)[C@H]1CC[C@H]2[C@@H]3CC[C@@H]4C[C@](C)(O)CC[C@@H]4[C@H]3CC[C@]12C.[H-].[Mg+2]. The van der Waals surface area contributed by atoms with Crippen LogP contribution in [0.2, 0.25) is 0 Å².